The highest BCUT2D eigenvalue weighted by molar-refractivity contribution is 7.92. The molecule has 2 heterocycles. The van der Waals surface area contributed by atoms with Crippen LogP contribution in [0.15, 0.2) is 71.6 Å². The molecule has 0 N–H and O–H groups in total. The van der Waals surface area contributed by atoms with Crippen LogP contribution in [0.5, 0.6) is 11.5 Å². The quantitative estimate of drug-likeness (QED) is 0.473. The standard InChI is InChI=1S/C28H31N3O5S/c1-21-7-10-24(11-8-21)37(33,34)31(25-6-4-3-5-22(25)2)19-28(32)30-15-13-29(14-16-30)18-23-9-12-26-27(17-23)36-20-35-26/h3-12,17H,13-16,18-20H2,1-2H3. The van der Waals surface area contributed by atoms with E-state index in [0.717, 1.165) is 34.7 Å². The number of hydrogen-bond acceptors (Lipinski definition) is 6. The van der Waals surface area contributed by atoms with E-state index in [2.05, 4.69) is 4.90 Å². The molecular formula is C28H31N3O5S. The number of fused-ring (bicyclic) bond motifs is 1. The molecule has 8 nitrogen and oxygen atoms in total. The van der Waals surface area contributed by atoms with Gasteiger partial charge in [0, 0.05) is 32.7 Å². The van der Waals surface area contributed by atoms with Gasteiger partial charge >= 0.3 is 0 Å². The molecule has 1 fully saturated rings. The summed E-state index contributed by atoms with van der Waals surface area (Å²) in [5, 5.41) is 0. The second kappa shape index (κ2) is 10.4. The fraction of sp³-hybridized carbons (Fsp3) is 0.321. The van der Waals surface area contributed by atoms with Gasteiger partial charge in [0.1, 0.15) is 6.54 Å². The van der Waals surface area contributed by atoms with Crippen molar-refractivity contribution in [3.05, 3.63) is 83.4 Å². The molecule has 0 radical (unpaired) electrons. The molecule has 5 rings (SSSR count). The van der Waals surface area contributed by atoms with Gasteiger partial charge in [-0.1, -0.05) is 42.0 Å². The zero-order valence-corrected chi connectivity index (χ0v) is 21.9. The summed E-state index contributed by atoms with van der Waals surface area (Å²) in [6.07, 6.45) is 0. The normalized spacial score (nSPS) is 15.6. The lowest BCUT2D eigenvalue weighted by atomic mass is 10.1. The summed E-state index contributed by atoms with van der Waals surface area (Å²) in [7, 11) is -3.93. The van der Waals surface area contributed by atoms with Crippen molar-refractivity contribution >= 4 is 21.6 Å². The number of carbonyl (C=O) groups excluding carboxylic acids is 1. The second-order valence-corrected chi connectivity index (χ2v) is 11.3. The van der Waals surface area contributed by atoms with E-state index < -0.39 is 10.0 Å². The molecule has 2 aliphatic rings. The maximum absolute atomic E-state index is 13.7. The van der Waals surface area contributed by atoms with E-state index in [9.17, 15) is 13.2 Å². The van der Waals surface area contributed by atoms with Gasteiger partial charge in [-0.15, -0.1) is 0 Å². The molecule has 0 atom stereocenters. The van der Waals surface area contributed by atoms with Gasteiger partial charge in [-0.05, 0) is 55.3 Å². The van der Waals surface area contributed by atoms with Crippen LogP contribution in [0.2, 0.25) is 0 Å². The summed E-state index contributed by atoms with van der Waals surface area (Å²) in [6.45, 7) is 6.99. The molecular weight excluding hydrogens is 490 g/mol. The number of para-hydroxylation sites is 1. The van der Waals surface area contributed by atoms with Crippen LogP contribution in [-0.2, 0) is 21.4 Å². The van der Waals surface area contributed by atoms with E-state index in [0.29, 0.717) is 31.9 Å². The number of sulfonamides is 1. The highest BCUT2D eigenvalue weighted by Gasteiger charge is 2.31. The van der Waals surface area contributed by atoms with Crippen LogP contribution in [0, 0.1) is 13.8 Å². The van der Waals surface area contributed by atoms with E-state index in [4.69, 9.17) is 9.47 Å². The average molecular weight is 522 g/mol. The zero-order chi connectivity index (χ0) is 26.0. The second-order valence-electron chi connectivity index (χ2n) is 9.46. The summed E-state index contributed by atoms with van der Waals surface area (Å²) >= 11 is 0. The fourth-order valence-corrected chi connectivity index (χ4v) is 6.13. The van der Waals surface area contributed by atoms with Crippen LogP contribution in [-0.4, -0.2) is 63.6 Å². The molecule has 1 amide bonds. The van der Waals surface area contributed by atoms with Crippen molar-refractivity contribution in [1.82, 2.24) is 9.80 Å². The molecule has 9 heteroatoms. The lowest BCUT2D eigenvalue weighted by molar-refractivity contribution is -0.131. The molecule has 3 aromatic rings. The van der Waals surface area contributed by atoms with Crippen molar-refractivity contribution in [2.24, 2.45) is 0 Å². The van der Waals surface area contributed by atoms with E-state index in [1.807, 2.05) is 44.2 Å². The van der Waals surface area contributed by atoms with Crippen molar-refractivity contribution < 1.29 is 22.7 Å². The van der Waals surface area contributed by atoms with Gasteiger partial charge in [0.15, 0.2) is 11.5 Å². The first-order valence-electron chi connectivity index (χ1n) is 12.3. The van der Waals surface area contributed by atoms with Gasteiger partial charge in [-0.3, -0.25) is 14.0 Å². The van der Waals surface area contributed by atoms with E-state index in [1.54, 1.807) is 41.3 Å². The predicted molar refractivity (Wildman–Crippen MR) is 141 cm³/mol. The monoisotopic (exact) mass is 521 g/mol. The lowest BCUT2D eigenvalue weighted by Crippen LogP contribution is -2.51. The third kappa shape index (κ3) is 5.42. The number of ether oxygens (including phenoxy) is 2. The number of hydrogen-bond donors (Lipinski definition) is 0. The van der Waals surface area contributed by atoms with Crippen molar-refractivity contribution in [1.29, 1.82) is 0 Å². The fourth-order valence-electron chi connectivity index (χ4n) is 4.66. The van der Waals surface area contributed by atoms with Crippen LogP contribution >= 0.6 is 0 Å². The largest absolute Gasteiger partial charge is 0.454 e. The number of rotatable bonds is 7. The lowest BCUT2D eigenvalue weighted by Gasteiger charge is -2.36. The summed E-state index contributed by atoms with van der Waals surface area (Å²) in [4.78, 5) is 17.6. The molecule has 0 aromatic heterocycles. The number of aryl methyl sites for hydroxylation is 2. The van der Waals surface area contributed by atoms with Crippen LogP contribution in [0.25, 0.3) is 0 Å². The Kier molecular flexibility index (Phi) is 7.08. The smallest absolute Gasteiger partial charge is 0.264 e. The first-order valence-corrected chi connectivity index (χ1v) is 13.8. The third-order valence-corrected chi connectivity index (χ3v) is 8.61. The van der Waals surface area contributed by atoms with Crippen molar-refractivity contribution in [3.63, 3.8) is 0 Å². The van der Waals surface area contributed by atoms with Gasteiger partial charge in [-0.25, -0.2) is 8.42 Å². The van der Waals surface area contributed by atoms with Gasteiger partial charge in [0.05, 0.1) is 10.6 Å². The molecule has 37 heavy (non-hydrogen) atoms. The Morgan fingerprint density at radius 2 is 1.59 bits per heavy atom. The molecule has 0 aliphatic carbocycles. The molecule has 2 aliphatic heterocycles. The highest BCUT2D eigenvalue weighted by Crippen LogP contribution is 2.33. The van der Waals surface area contributed by atoms with Crippen LogP contribution in [0.1, 0.15) is 16.7 Å². The molecule has 3 aromatic carbocycles. The van der Waals surface area contributed by atoms with Crippen molar-refractivity contribution in [2.45, 2.75) is 25.3 Å². The Balaban J connectivity index is 1.28. The molecule has 0 unspecified atom stereocenters. The topological polar surface area (TPSA) is 79.4 Å². The molecule has 0 saturated carbocycles. The third-order valence-electron chi connectivity index (χ3n) is 6.84. The van der Waals surface area contributed by atoms with Crippen LogP contribution in [0.3, 0.4) is 0 Å². The summed E-state index contributed by atoms with van der Waals surface area (Å²) in [5.41, 5.74) is 3.40. The molecule has 194 valence electrons. The van der Waals surface area contributed by atoms with Crippen LogP contribution < -0.4 is 13.8 Å². The zero-order valence-electron chi connectivity index (χ0n) is 21.1. The van der Waals surface area contributed by atoms with Gasteiger partial charge in [0.25, 0.3) is 10.0 Å². The van der Waals surface area contributed by atoms with Crippen LogP contribution in [0.4, 0.5) is 5.69 Å². The maximum Gasteiger partial charge on any atom is 0.264 e. The summed E-state index contributed by atoms with van der Waals surface area (Å²) in [6, 6.07) is 19.9. The Bertz CT molecular complexity index is 1380. The minimum absolute atomic E-state index is 0.169. The SMILES string of the molecule is Cc1ccc(S(=O)(=O)N(CC(=O)N2CCN(Cc3ccc4c(c3)OCO4)CC2)c2ccccc2C)cc1. The highest BCUT2D eigenvalue weighted by atomic mass is 32.2. The first-order chi connectivity index (χ1) is 17.8. The Hall–Kier alpha value is -3.56. The number of anilines is 1. The minimum Gasteiger partial charge on any atom is -0.454 e. The first kappa shape index (κ1) is 25.1. The van der Waals surface area contributed by atoms with Crippen molar-refractivity contribution in [3.8, 4) is 11.5 Å². The minimum atomic E-state index is -3.93. The predicted octanol–water partition coefficient (Wildman–Crippen LogP) is 3.57. The Morgan fingerprint density at radius 3 is 2.32 bits per heavy atom. The van der Waals surface area contributed by atoms with Crippen molar-refractivity contribution in [2.75, 3.05) is 43.8 Å². The number of amides is 1. The molecule has 0 spiro atoms. The number of benzene rings is 3. The molecule has 1 saturated heterocycles. The van der Waals surface area contributed by atoms with Gasteiger partial charge < -0.3 is 14.4 Å². The van der Waals surface area contributed by atoms with E-state index in [-0.39, 0.29) is 24.1 Å². The van der Waals surface area contributed by atoms with Gasteiger partial charge in [0.2, 0.25) is 12.7 Å². The van der Waals surface area contributed by atoms with E-state index >= 15 is 0 Å². The maximum atomic E-state index is 13.7. The Morgan fingerprint density at radius 1 is 0.892 bits per heavy atom. The Labute approximate surface area is 218 Å². The molecule has 0 bridgehead atoms. The van der Waals surface area contributed by atoms with Gasteiger partial charge in [-0.2, -0.15) is 0 Å². The number of nitrogens with zero attached hydrogens (tertiary/aromatic N) is 3. The summed E-state index contributed by atoms with van der Waals surface area (Å²) < 4.78 is 39.5. The van der Waals surface area contributed by atoms with E-state index in [1.165, 1.54) is 4.31 Å². The summed E-state index contributed by atoms with van der Waals surface area (Å²) in [5.74, 6) is 1.32. The number of piperazine rings is 1. The average Bonchev–Trinajstić information content (AvgIpc) is 3.36. The number of carbonyl (C=O) groups is 1.